The third kappa shape index (κ3) is 3.08. The van der Waals surface area contributed by atoms with Crippen molar-refractivity contribution in [2.45, 2.75) is 20.3 Å². The SMILES string of the molecule is CNc1ccc(Cc2ccc(NC)c(C)c2)cc1C. The average Bonchev–Trinajstić information content (AvgIpc) is 2.39. The number of hydrogen-bond donors (Lipinski definition) is 2. The molecule has 0 aliphatic carbocycles. The topological polar surface area (TPSA) is 24.1 Å². The third-order valence-electron chi connectivity index (χ3n) is 3.53. The molecule has 0 heterocycles. The minimum absolute atomic E-state index is 0.982. The van der Waals surface area contributed by atoms with E-state index in [1.165, 1.54) is 33.6 Å². The van der Waals surface area contributed by atoms with Gasteiger partial charge in [-0.2, -0.15) is 0 Å². The molecule has 0 unspecified atom stereocenters. The molecular weight excluding hydrogens is 232 g/mol. The Morgan fingerprint density at radius 3 is 1.47 bits per heavy atom. The van der Waals surface area contributed by atoms with E-state index in [2.05, 4.69) is 60.9 Å². The van der Waals surface area contributed by atoms with Gasteiger partial charge in [0.25, 0.3) is 0 Å². The summed E-state index contributed by atoms with van der Waals surface area (Å²) in [6, 6.07) is 13.2. The van der Waals surface area contributed by atoms with Crippen LogP contribution in [0.15, 0.2) is 36.4 Å². The molecule has 0 spiro atoms. The van der Waals surface area contributed by atoms with Gasteiger partial charge in [-0.05, 0) is 54.7 Å². The van der Waals surface area contributed by atoms with Gasteiger partial charge in [-0.1, -0.05) is 24.3 Å². The maximum absolute atomic E-state index is 3.20. The van der Waals surface area contributed by atoms with Crippen molar-refractivity contribution in [2.24, 2.45) is 0 Å². The van der Waals surface area contributed by atoms with Gasteiger partial charge in [-0.25, -0.2) is 0 Å². The van der Waals surface area contributed by atoms with E-state index in [0.717, 1.165) is 6.42 Å². The van der Waals surface area contributed by atoms with Crippen LogP contribution in [0, 0.1) is 13.8 Å². The van der Waals surface area contributed by atoms with Gasteiger partial charge in [-0.3, -0.25) is 0 Å². The van der Waals surface area contributed by atoms with Crippen LogP contribution < -0.4 is 10.6 Å². The summed E-state index contributed by atoms with van der Waals surface area (Å²) in [6.07, 6.45) is 0.982. The summed E-state index contributed by atoms with van der Waals surface area (Å²) in [6.45, 7) is 4.29. The van der Waals surface area contributed by atoms with E-state index in [0.29, 0.717) is 0 Å². The molecule has 0 bridgehead atoms. The molecule has 0 amide bonds. The van der Waals surface area contributed by atoms with Crippen LogP contribution >= 0.6 is 0 Å². The molecule has 0 aliphatic heterocycles. The fourth-order valence-corrected chi connectivity index (χ4v) is 2.47. The molecule has 0 aromatic heterocycles. The van der Waals surface area contributed by atoms with Gasteiger partial charge < -0.3 is 10.6 Å². The number of benzene rings is 2. The Morgan fingerprint density at radius 1 is 0.737 bits per heavy atom. The van der Waals surface area contributed by atoms with Gasteiger partial charge in [0, 0.05) is 25.5 Å². The van der Waals surface area contributed by atoms with Crippen LogP contribution in [0.25, 0.3) is 0 Å². The smallest absolute Gasteiger partial charge is 0.0367 e. The van der Waals surface area contributed by atoms with Crippen molar-refractivity contribution < 1.29 is 0 Å². The second-order valence-electron chi connectivity index (χ2n) is 4.98. The average molecular weight is 254 g/mol. The van der Waals surface area contributed by atoms with Gasteiger partial charge in [0.15, 0.2) is 0 Å². The molecule has 0 atom stereocenters. The highest BCUT2D eigenvalue weighted by Gasteiger charge is 2.02. The van der Waals surface area contributed by atoms with Gasteiger partial charge in [-0.15, -0.1) is 0 Å². The van der Waals surface area contributed by atoms with E-state index in [1.807, 2.05) is 14.1 Å². The Morgan fingerprint density at radius 2 is 1.16 bits per heavy atom. The van der Waals surface area contributed by atoms with Crippen molar-refractivity contribution in [3.63, 3.8) is 0 Å². The van der Waals surface area contributed by atoms with E-state index in [1.54, 1.807) is 0 Å². The molecule has 0 fully saturated rings. The van der Waals surface area contributed by atoms with Crippen molar-refractivity contribution in [3.05, 3.63) is 58.7 Å². The molecule has 2 nitrogen and oxygen atoms in total. The van der Waals surface area contributed by atoms with Crippen LogP contribution in [-0.2, 0) is 6.42 Å². The summed E-state index contributed by atoms with van der Waals surface area (Å²) in [4.78, 5) is 0. The summed E-state index contributed by atoms with van der Waals surface area (Å²) in [5, 5.41) is 6.40. The number of anilines is 2. The van der Waals surface area contributed by atoms with Gasteiger partial charge in [0.05, 0.1) is 0 Å². The van der Waals surface area contributed by atoms with Crippen LogP contribution in [-0.4, -0.2) is 14.1 Å². The summed E-state index contributed by atoms with van der Waals surface area (Å²) in [5.41, 5.74) is 7.70. The lowest BCUT2D eigenvalue weighted by Crippen LogP contribution is -1.96. The van der Waals surface area contributed by atoms with Crippen LogP contribution in [0.2, 0.25) is 0 Å². The van der Waals surface area contributed by atoms with E-state index >= 15 is 0 Å². The zero-order valence-corrected chi connectivity index (χ0v) is 12.2. The minimum atomic E-state index is 0.982. The monoisotopic (exact) mass is 254 g/mol. The largest absolute Gasteiger partial charge is 0.388 e. The Labute approximate surface area is 115 Å². The van der Waals surface area contributed by atoms with Crippen LogP contribution in [0.4, 0.5) is 11.4 Å². The first-order valence-corrected chi connectivity index (χ1v) is 6.68. The predicted octanol–water partition coefficient (Wildman–Crippen LogP) is 3.98. The second kappa shape index (κ2) is 5.79. The third-order valence-corrected chi connectivity index (χ3v) is 3.53. The molecule has 2 rings (SSSR count). The molecule has 19 heavy (non-hydrogen) atoms. The summed E-state index contributed by atoms with van der Waals surface area (Å²) in [5.74, 6) is 0. The van der Waals surface area contributed by atoms with E-state index < -0.39 is 0 Å². The normalized spacial score (nSPS) is 10.3. The number of nitrogens with one attached hydrogen (secondary N) is 2. The number of aryl methyl sites for hydroxylation is 2. The van der Waals surface area contributed by atoms with Crippen molar-refractivity contribution in [1.82, 2.24) is 0 Å². The summed E-state index contributed by atoms with van der Waals surface area (Å²) in [7, 11) is 3.92. The first kappa shape index (κ1) is 13.5. The Hall–Kier alpha value is -1.96. The van der Waals surface area contributed by atoms with Crippen LogP contribution in [0.5, 0.6) is 0 Å². The lowest BCUT2D eigenvalue weighted by Gasteiger charge is -2.10. The molecule has 0 saturated heterocycles. The molecule has 0 radical (unpaired) electrons. The van der Waals surface area contributed by atoms with Gasteiger partial charge in [0.1, 0.15) is 0 Å². The fraction of sp³-hybridized carbons (Fsp3) is 0.294. The standard InChI is InChI=1S/C17H22N2/c1-12-9-14(5-7-16(12)18-3)11-15-6-8-17(19-4)13(2)10-15/h5-10,18-19H,11H2,1-4H3. The van der Waals surface area contributed by atoms with Crippen molar-refractivity contribution >= 4 is 11.4 Å². The summed E-state index contributed by atoms with van der Waals surface area (Å²) < 4.78 is 0. The maximum atomic E-state index is 3.20. The Balaban J connectivity index is 2.21. The zero-order chi connectivity index (χ0) is 13.8. The van der Waals surface area contributed by atoms with Crippen molar-refractivity contribution in [1.29, 1.82) is 0 Å². The van der Waals surface area contributed by atoms with E-state index in [-0.39, 0.29) is 0 Å². The molecule has 0 aliphatic rings. The van der Waals surface area contributed by atoms with Crippen LogP contribution in [0.1, 0.15) is 22.3 Å². The van der Waals surface area contributed by atoms with E-state index in [9.17, 15) is 0 Å². The predicted molar refractivity (Wildman–Crippen MR) is 84.3 cm³/mol. The van der Waals surface area contributed by atoms with Crippen LogP contribution in [0.3, 0.4) is 0 Å². The van der Waals surface area contributed by atoms with Gasteiger partial charge in [0.2, 0.25) is 0 Å². The highest BCUT2D eigenvalue weighted by Crippen LogP contribution is 2.21. The first-order valence-electron chi connectivity index (χ1n) is 6.68. The molecule has 2 aromatic carbocycles. The molecule has 2 heteroatoms. The lowest BCUT2D eigenvalue weighted by molar-refractivity contribution is 1.17. The molecule has 100 valence electrons. The van der Waals surface area contributed by atoms with E-state index in [4.69, 9.17) is 0 Å². The molecule has 2 aromatic rings. The first-order chi connectivity index (χ1) is 9.13. The molecule has 0 saturated carbocycles. The fourth-order valence-electron chi connectivity index (χ4n) is 2.47. The quantitative estimate of drug-likeness (QED) is 0.862. The summed E-state index contributed by atoms with van der Waals surface area (Å²) >= 11 is 0. The maximum Gasteiger partial charge on any atom is 0.0367 e. The highest BCUT2D eigenvalue weighted by molar-refractivity contribution is 5.54. The Kier molecular flexibility index (Phi) is 4.10. The minimum Gasteiger partial charge on any atom is -0.388 e. The number of rotatable bonds is 4. The molecule has 2 N–H and O–H groups in total. The van der Waals surface area contributed by atoms with Crippen molar-refractivity contribution in [2.75, 3.05) is 24.7 Å². The Bertz CT molecular complexity index is 522. The van der Waals surface area contributed by atoms with Crippen molar-refractivity contribution in [3.8, 4) is 0 Å². The zero-order valence-electron chi connectivity index (χ0n) is 12.2. The highest BCUT2D eigenvalue weighted by atomic mass is 14.8. The van der Waals surface area contributed by atoms with Gasteiger partial charge >= 0.3 is 0 Å². The molecular formula is C17H22N2. The number of hydrogen-bond acceptors (Lipinski definition) is 2. The lowest BCUT2D eigenvalue weighted by atomic mass is 10.0. The second-order valence-corrected chi connectivity index (χ2v) is 4.98.